The minimum atomic E-state index is -0.773. The van der Waals surface area contributed by atoms with Crippen LogP contribution in [-0.4, -0.2) is 18.3 Å². The summed E-state index contributed by atoms with van der Waals surface area (Å²) in [5, 5.41) is 0.456. The predicted octanol–water partition coefficient (Wildman–Crippen LogP) is 3.43. The number of benzene rings is 1. The van der Waals surface area contributed by atoms with Gasteiger partial charge in [0.1, 0.15) is 5.82 Å². The lowest BCUT2D eigenvalue weighted by Crippen LogP contribution is -2.41. The van der Waals surface area contributed by atoms with Crippen molar-refractivity contribution in [3.05, 3.63) is 28.0 Å². The molecule has 2 rings (SSSR count). The molecule has 1 aliphatic heterocycles. The van der Waals surface area contributed by atoms with Gasteiger partial charge in [-0.05, 0) is 39.8 Å². The maximum absolute atomic E-state index is 13.9. The van der Waals surface area contributed by atoms with Gasteiger partial charge >= 0.3 is 7.12 Å². The highest BCUT2D eigenvalue weighted by atomic mass is 35.5. The van der Waals surface area contributed by atoms with E-state index in [0.29, 0.717) is 0 Å². The van der Waals surface area contributed by atoms with Crippen LogP contribution >= 0.6 is 23.2 Å². The first-order valence-electron chi connectivity index (χ1n) is 5.64. The average molecular weight is 291 g/mol. The lowest BCUT2D eigenvalue weighted by atomic mass is 9.79. The number of halogens is 3. The van der Waals surface area contributed by atoms with Crippen molar-refractivity contribution in [3.63, 3.8) is 0 Å². The van der Waals surface area contributed by atoms with Gasteiger partial charge in [0.05, 0.1) is 21.2 Å². The van der Waals surface area contributed by atoms with Gasteiger partial charge in [0.15, 0.2) is 0 Å². The van der Waals surface area contributed by atoms with E-state index in [0.717, 1.165) is 0 Å². The highest BCUT2D eigenvalue weighted by Crippen LogP contribution is 2.37. The Bertz CT molecular complexity index is 475. The zero-order chi connectivity index (χ0) is 13.7. The summed E-state index contributed by atoms with van der Waals surface area (Å²) in [5.41, 5.74) is -0.769. The lowest BCUT2D eigenvalue weighted by molar-refractivity contribution is 0.00578. The highest BCUT2D eigenvalue weighted by Gasteiger charge is 2.52. The van der Waals surface area contributed by atoms with Gasteiger partial charge in [-0.1, -0.05) is 23.2 Å². The van der Waals surface area contributed by atoms with Crippen LogP contribution in [0.3, 0.4) is 0 Å². The van der Waals surface area contributed by atoms with Crippen LogP contribution in [0.25, 0.3) is 0 Å². The topological polar surface area (TPSA) is 18.5 Å². The molecule has 98 valence electrons. The SMILES string of the molecule is CC1(C)OB(c2cc(Cl)c(Cl)cc2F)OC1(C)C. The molecule has 1 aliphatic rings. The maximum Gasteiger partial charge on any atom is 0.497 e. The fourth-order valence-electron chi connectivity index (χ4n) is 1.69. The molecule has 6 heteroatoms. The minimum absolute atomic E-state index is 0.175. The van der Waals surface area contributed by atoms with E-state index >= 15 is 0 Å². The van der Waals surface area contributed by atoms with Crippen molar-refractivity contribution in [1.29, 1.82) is 0 Å². The number of hydrogen-bond donors (Lipinski definition) is 0. The van der Waals surface area contributed by atoms with E-state index in [2.05, 4.69) is 0 Å². The van der Waals surface area contributed by atoms with E-state index in [1.54, 1.807) is 0 Å². The van der Waals surface area contributed by atoms with Crippen LogP contribution in [-0.2, 0) is 9.31 Å². The lowest BCUT2D eigenvalue weighted by Gasteiger charge is -2.32. The molecule has 1 saturated heterocycles. The van der Waals surface area contributed by atoms with Crippen LogP contribution in [0.15, 0.2) is 12.1 Å². The second kappa shape index (κ2) is 4.38. The van der Waals surface area contributed by atoms with Gasteiger partial charge in [-0.3, -0.25) is 0 Å². The van der Waals surface area contributed by atoms with Crippen LogP contribution in [0.1, 0.15) is 27.7 Å². The Morgan fingerprint density at radius 3 is 1.94 bits per heavy atom. The molecule has 0 saturated carbocycles. The second-order valence-corrected chi connectivity index (χ2v) is 6.19. The summed E-state index contributed by atoms with van der Waals surface area (Å²) in [5.74, 6) is -0.483. The standard InChI is InChI=1S/C12H14BCl2FO2/c1-11(2)12(3,4)18-13(17-11)7-5-8(14)9(15)6-10(7)16/h5-6H,1-4H3. The van der Waals surface area contributed by atoms with Crippen molar-refractivity contribution >= 4 is 35.8 Å². The van der Waals surface area contributed by atoms with Crippen LogP contribution in [0.4, 0.5) is 4.39 Å². The van der Waals surface area contributed by atoms with Gasteiger partial charge in [0.25, 0.3) is 0 Å². The quantitative estimate of drug-likeness (QED) is 0.583. The Kier molecular flexibility index (Phi) is 3.44. The van der Waals surface area contributed by atoms with E-state index in [4.69, 9.17) is 32.5 Å². The molecule has 0 amide bonds. The van der Waals surface area contributed by atoms with Gasteiger partial charge in [-0.25, -0.2) is 4.39 Å². The van der Waals surface area contributed by atoms with Crippen molar-refractivity contribution in [1.82, 2.24) is 0 Å². The first kappa shape index (κ1) is 14.1. The smallest absolute Gasteiger partial charge is 0.399 e. The van der Waals surface area contributed by atoms with Gasteiger partial charge in [0.2, 0.25) is 0 Å². The zero-order valence-electron chi connectivity index (χ0n) is 10.7. The zero-order valence-corrected chi connectivity index (χ0v) is 12.2. The first-order chi connectivity index (χ1) is 8.14. The van der Waals surface area contributed by atoms with Crippen LogP contribution in [0.2, 0.25) is 10.0 Å². The maximum atomic E-state index is 13.9. The summed E-state index contributed by atoms with van der Waals surface area (Å²) >= 11 is 11.6. The summed E-state index contributed by atoms with van der Waals surface area (Å²) in [4.78, 5) is 0. The Hall–Kier alpha value is -0.285. The van der Waals surface area contributed by atoms with Crippen LogP contribution < -0.4 is 5.46 Å². The largest absolute Gasteiger partial charge is 0.497 e. The Morgan fingerprint density at radius 1 is 1.00 bits per heavy atom. The summed E-state index contributed by atoms with van der Waals surface area (Å²) in [6, 6.07) is 2.62. The molecule has 0 unspecified atom stereocenters. The van der Waals surface area contributed by atoms with E-state index in [-0.39, 0.29) is 15.5 Å². The monoisotopic (exact) mass is 290 g/mol. The second-order valence-electron chi connectivity index (χ2n) is 5.38. The molecule has 18 heavy (non-hydrogen) atoms. The third-order valence-electron chi connectivity index (χ3n) is 3.55. The summed E-state index contributed by atoms with van der Waals surface area (Å²) in [6.45, 7) is 7.62. The van der Waals surface area contributed by atoms with E-state index in [9.17, 15) is 4.39 Å². The first-order valence-corrected chi connectivity index (χ1v) is 6.40. The summed E-state index contributed by atoms with van der Waals surface area (Å²) in [7, 11) is -0.773. The van der Waals surface area contributed by atoms with Crippen LogP contribution in [0.5, 0.6) is 0 Å². The van der Waals surface area contributed by atoms with Gasteiger partial charge in [0, 0.05) is 5.46 Å². The molecule has 1 aromatic carbocycles. The molecule has 0 aliphatic carbocycles. The molecule has 1 fully saturated rings. The Labute approximate surface area is 117 Å². The third kappa shape index (κ3) is 2.27. The predicted molar refractivity (Wildman–Crippen MR) is 72.1 cm³/mol. The normalized spacial score (nSPS) is 21.4. The minimum Gasteiger partial charge on any atom is -0.399 e. The van der Waals surface area contributed by atoms with E-state index < -0.39 is 24.1 Å². The average Bonchev–Trinajstić information content (AvgIpc) is 2.42. The van der Waals surface area contributed by atoms with Gasteiger partial charge < -0.3 is 9.31 Å². The molecule has 2 nitrogen and oxygen atoms in total. The number of hydrogen-bond acceptors (Lipinski definition) is 2. The van der Waals surface area contributed by atoms with Crippen molar-refractivity contribution in [2.45, 2.75) is 38.9 Å². The Balaban J connectivity index is 2.38. The molecule has 0 aromatic heterocycles. The van der Waals surface area contributed by atoms with Gasteiger partial charge in [-0.15, -0.1) is 0 Å². The van der Waals surface area contributed by atoms with Crippen molar-refractivity contribution < 1.29 is 13.7 Å². The molecule has 0 atom stereocenters. The third-order valence-corrected chi connectivity index (χ3v) is 4.27. The van der Waals surface area contributed by atoms with Crippen LogP contribution in [0, 0.1) is 5.82 Å². The van der Waals surface area contributed by atoms with Crippen molar-refractivity contribution in [3.8, 4) is 0 Å². The molecule has 1 aromatic rings. The molecule has 0 N–H and O–H groups in total. The summed E-state index contributed by atoms with van der Waals surface area (Å²) in [6.07, 6.45) is 0. The molecule has 1 heterocycles. The molecular formula is C12H14BCl2FO2. The molecule has 0 spiro atoms. The fraction of sp³-hybridized carbons (Fsp3) is 0.500. The number of rotatable bonds is 1. The van der Waals surface area contributed by atoms with E-state index in [1.807, 2.05) is 27.7 Å². The van der Waals surface area contributed by atoms with Crippen molar-refractivity contribution in [2.75, 3.05) is 0 Å². The fourth-order valence-corrected chi connectivity index (χ4v) is 2.01. The molecule has 0 bridgehead atoms. The highest BCUT2D eigenvalue weighted by molar-refractivity contribution is 6.62. The molecular weight excluding hydrogens is 277 g/mol. The molecule has 0 radical (unpaired) electrons. The van der Waals surface area contributed by atoms with E-state index in [1.165, 1.54) is 12.1 Å². The van der Waals surface area contributed by atoms with Gasteiger partial charge in [-0.2, -0.15) is 0 Å². The summed E-state index contributed by atoms with van der Waals surface area (Å²) < 4.78 is 25.4. The van der Waals surface area contributed by atoms with Crippen molar-refractivity contribution in [2.24, 2.45) is 0 Å². The Morgan fingerprint density at radius 2 is 1.44 bits per heavy atom.